The fourth-order valence-corrected chi connectivity index (χ4v) is 4.63. The number of fused-ring (bicyclic) bond motifs is 2. The van der Waals surface area contributed by atoms with Crippen molar-refractivity contribution >= 4 is 39.1 Å². The van der Waals surface area contributed by atoms with Gasteiger partial charge in [0.15, 0.2) is 0 Å². The highest BCUT2D eigenvalue weighted by molar-refractivity contribution is 9.09. The Balaban J connectivity index is 1.80. The van der Waals surface area contributed by atoms with Gasteiger partial charge in [0.05, 0.1) is 11.4 Å². The van der Waals surface area contributed by atoms with Crippen molar-refractivity contribution in [1.82, 2.24) is 0 Å². The van der Waals surface area contributed by atoms with Crippen molar-refractivity contribution in [2.24, 2.45) is 5.41 Å². The summed E-state index contributed by atoms with van der Waals surface area (Å²) in [5.41, 5.74) is 3.20. The third-order valence-electron chi connectivity index (χ3n) is 4.27. The normalized spacial score (nSPS) is 18.4. The van der Waals surface area contributed by atoms with E-state index in [4.69, 9.17) is 0 Å². The molecule has 102 valence electrons. The molecule has 0 atom stereocenters. The van der Waals surface area contributed by atoms with Gasteiger partial charge in [0.2, 0.25) is 0 Å². The van der Waals surface area contributed by atoms with Crippen LogP contribution in [-0.2, 0) is 0 Å². The molecule has 1 heterocycles. The summed E-state index contributed by atoms with van der Waals surface area (Å²) in [7, 11) is 0. The Morgan fingerprint density at radius 2 is 1.50 bits per heavy atom. The first-order valence-corrected chi connectivity index (χ1v) is 8.95. The minimum absolute atomic E-state index is 0.474. The Labute approximate surface area is 132 Å². The van der Waals surface area contributed by atoms with Crippen LogP contribution in [0.15, 0.2) is 58.3 Å². The minimum Gasteiger partial charge on any atom is -0.339 e. The lowest BCUT2D eigenvalue weighted by Crippen LogP contribution is -2.29. The summed E-state index contributed by atoms with van der Waals surface area (Å²) in [4.78, 5) is 5.27. The number of rotatable bonds is 3. The lowest BCUT2D eigenvalue weighted by molar-refractivity contribution is 0.591. The van der Waals surface area contributed by atoms with Gasteiger partial charge in [-0.05, 0) is 42.5 Å². The van der Waals surface area contributed by atoms with Crippen LogP contribution in [0.25, 0.3) is 0 Å². The zero-order valence-corrected chi connectivity index (χ0v) is 13.6. The van der Waals surface area contributed by atoms with Crippen molar-refractivity contribution in [1.29, 1.82) is 0 Å². The fourth-order valence-electron chi connectivity index (χ4n) is 2.80. The largest absolute Gasteiger partial charge is 0.339 e. The minimum atomic E-state index is 0.474. The van der Waals surface area contributed by atoms with Gasteiger partial charge in [-0.25, -0.2) is 0 Å². The van der Waals surface area contributed by atoms with Crippen LogP contribution in [0.2, 0.25) is 0 Å². The first-order valence-electron chi connectivity index (χ1n) is 7.01. The highest BCUT2D eigenvalue weighted by atomic mass is 79.9. The van der Waals surface area contributed by atoms with Gasteiger partial charge in [0.1, 0.15) is 0 Å². The summed E-state index contributed by atoms with van der Waals surface area (Å²) in [6.45, 7) is 1.12. The lowest BCUT2D eigenvalue weighted by atomic mass is 10.1. The van der Waals surface area contributed by atoms with Crippen molar-refractivity contribution < 1.29 is 0 Å². The van der Waals surface area contributed by atoms with E-state index in [-0.39, 0.29) is 0 Å². The van der Waals surface area contributed by atoms with Gasteiger partial charge in [-0.3, -0.25) is 0 Å². The van der Waals surface area contributed by atoms with E-state index in [2.05, 4.69) is 69.4 Å². The standard InChI is InChI=1S/C17H16BrNS/c18-11-17(9-10-17)12-19-13-5-1-3-7-15(13)20-16-8-4-2-6-14(16)19/h1-8H,9-12H2. The van der Waals surface area contributed by atoms with E-state index in [1.54, 1.807) is 0 Å². The van der Waals surface area contributed by atoms with E-state index < -0.39 is 0 Å². The quantitative estimate of drug-likeness (QED) is 0.679. The molecule has 3 heteroatoms. The summed E-state index contributed by atoms with van der Waals surface area (Å²) >= 11 is 5.60. The van der Waals surface area contributed by atoms with Gasteiger partial charge in [0.25, 0.3) is 0 Å². The third-order valence-corrected chi connectivity index (χ3v) is 6.59. The highest BCUT2D eigenvalue weighted by Gasteiger charge is 2.44. The van der Waals surface area contributed by atoms with Crippen LogP contribution in [0.1, 0.15) is 12.8 Å². The highest BCUT2D eigenvalue weighted by Crippen LogP contribution is 2.53. The van der Waals surface area contributed by atoms with Gasteiger partial charge in [-0.1, -0.05) is 52.0 Å². The molecule has 1 fully saturated rings. The molecule has 1 saturated carbocycles. The Kier molecular flexibility index (Phi) is 3.08. The molecule has 1 nitrogen and oxygen atoms in total. The van der Waals surface area contributed by atoms with Gasteiger partial charge < -0.3 is 4.90 Å². The smallest absolute Gasteiger partial charge is 0.0553 e. The molecule has 2 aliphatic rings. The summed E-state index contributed by atoms with van der Waals surface area (Å²) in [6.07, 6.45) is 2.68. The molecule has 0 aromatic heterocycles. The van der Waals surface area contributed by atoms with E-state index in [1.165, 1.54) is 34.0 Å². The number of benzene rings is 2. The SMILES string of the molecule is BrCC1(CN2c3ccccc3Sc3ccccc32)CC1. The monoisotopic (exact) mass is 345 g/mol. The van der Waals surface area contributed by atoms with E-state index >= 15 is 0 Å². The predicted octanol–water partition coefficient (Wildman–Crippen LogP) is 5.46. The number of hydrogen-bond acceptors (Lipinski definition) is 2. The molecule has 0 radical (unpaired) electrons. The summed E-state index contributed by atoms with van der Waals surface area (Å²) < 4.78 is 0. The zero-order chi connectivity index (χ0) is 13.6. The van der Waals surface area contributed by atoms with Crippen molar-refractivity contribution in [3.8, 4) is 0 Å². The summed E-state index contributed by atoms with van der Waals surface area (Å²) in [5, 5.41) is 1.11. The first-order chi connectivity index (χ1) is 9.81. The second-order valence-electron chi connectivity index (χ2n) is 5.76. The van der Waals surface area contributed by atoms with Crippen molar-refractivity contribution in [3.63, 3.8) is 0 Å². The van der Waals surface area contributed by atoms with Crippen LogP contribution in [0.3, 0.4) is 0 Å². The number of nitrogens with zero attached hydrogens (tertiary/aromatic N) is 1. The number of anilines is 2. The maximum Gasteiger partial charge on any atom is 0.0553 e. The zero-order valence-electron chi connectivity index (χ0n) is 11.2. The molecule has 2 aromatic carbocycles. The number of hydrogen-bond donors (Lipinski definition) is 0. The summed E-state index contributed by atoms with van der Waals surface area (Å²) in [6, 6.07) is 17.5. The van der Waals surface area contributed by atoms with Crippen LogP contribution in [0.5, 0.6) is 0 Å². The summed E-state index contributed by atoms with van der Waals surface area (Å²) in [5.74, 6) is 0. The van der Waals surface area contributed by atoms with Gasteiger partial charge in [-0.15, -0.1) is 0 Å². The van der Waals surface area contributed by atoms with E-state index in [9.17, 15) is 0 Å². The van der Waals surface area contributed by atoms with Crippen LogP contribution < -0.4 is 4.90 Å². The molecule has 0 amide bonds. The van der Waals surface area contributed by atoms with Crippen LogP contribution >= 0.6 is 27.7 Å². The average molecular weight is 346 g/mol. The molecule has 0 unspecified atom stereocenters. The Bertz CT molecular complexity index is 605. The van der Waals surface area contributed by atoms with E-state index in [0.717, 1.165) is 11.9 Å². The Morgan fingerprint density at radius 1 is 0.950 bits per heavy atom. The number of halogens is 1. The Morgan fingerprint density at radius 3 is 2.00 bits per heavy atom. The van der Waals surface area contributed by atoms with Gasteiger partial charge in [0, 0.05) is 21.7 Å². The average Bonchev–Trinajstić information content (AvgIpc) is 3.27. The van der Waals surface area contributed by atoms with Gasteiger partial charge in [-0.2, -0.15) is 0 Å². The maximum absolute atomic E-state index is 3.71. The molecule has 20 heavy (non-hydrogen) atoms. The number of alkyl halides is 1. The molecular weight excluding hydrogens is 330 g/mol. The fraction of sp³-hybridized carbons (Fsp3) is 0.294. The van der Waals surface area contributed by atoms with Crippen molar-refractivity contribution in [3.05, 3.63) is 48.5 Å². The van der Waals surface area contributed by atoms with Gasteiger partial charge >= 0.3 is 0 Å². The molecule has 1 aliphatic heterocycles. The predicted molar refractivity (Wildman–Crippen MR) is 89.5 cm³/mol. The lowest BCUT2D eigenvalue weighted by Gasteiger charge is -2.35. The molecule has 0 saturated heterocycles. The Hall–Kier alpha value is -0.930. The third kappa shape index (κ3) is 2.08. The molecule has 4 rings (SSSR count). The van der Waals surface area contributed by atoms with Crippen molar-refractivity contribution in [2.45, 2.75) is 22.6 Å². The van der Waals surface area contributed by atoms with Crippen molar-refractivity contribution in [2.75, 3.05) is 16.8 Å². The molecular formula is C17H16BrNS. The van der Waals surface area contributed by atoms with Crippen LogP contribution in [-0.4, -0.2) is 11.9 Å². The molecule has 0 bridgehead atoms. The maximum atomic E-state index is 3.71. The molecule has 0 spiro atoms. The van der Waals surface area contributed by atoms with E-state index in [0.29, 0.717) is 5.41 Å². The molecule has 0 N–H and O–H groups in total. The van der Waals surface area contributed by atoms with Crippen LogP contribution in [0.4, 0.5) is 11.4 Å². The second-order valence-corrected chi connectivity index (χ2v) is 7.40. The topological polar surface area (TPSA) is 3.24 Å². The number of para-hydroxylation sites is 2. The molecule has 1 aliphatic carbocycles. The van der Waals surface area contributed by atoms with E-state index in [1.807, 2.05) is 11.8 Å². The molecule has 2 aromatic rings. The van der Waals surface area contributed by atoms with Crippen LogP contribution in [0, 0.1) is 5.41 Å². The second kappa shape index (κ2) is 4.81. The first kappa shape index (κ1) is 12.8.